The van der Waals surface area contributed by atoms with E-state index in [1.165, 1.54) is 5.56 Å². The lowest BCUT2D eigenvalue weighted by Gasteiger charge is -2.16. The van der Waals surface area contributed by atoms with Crippen molar-refractivity contribution in [2.75, 3.05) is 40.5 Å². The second-order valence-electron chi connectivity index (χ2n) is 5.54. The maximum atomic E-state index is 5.09. The van der Waals surface area contributed by atoms with Gasteiger partial charge in [-0.2, -0.15) is 0 Å². The molecule has 0 saturated carbocycles. The van der Waals surface area contributed by atoms with Gasteiger partial charge in [0.1, 0.15) is 5.82 Å². The fourth-order valence-electron chi connectivity index (χ4n) is 2.35. The van der Waals surface area contributed by atoms with Gasteiger partial charge in [0.05, 0.1) is 13.2 Å². The molecular weight excluding hydrogens is 266 g/mol. The molecule has 0 spiro atoms. The lowest BCUT2D eigenvalue weighted by atomic mass is 9.98. The van der Waals surface area contributed by atoms with E-state index in [1.54, 1.807) is 14.2 Å². The molecule has 5 nitrogen and oxygen atoms in total. The van der Waals surface area contributed by atoms with E-state index in [-0.39, 0.29) is 0 Å². The highest BCUT2D eigenvalue weighted by molar-refractivity contribution is 5.25. The zero-order valence-corrected chi connectivity index (χ0v) is 14.0. The Hall–Kier alpha value is -1.04. The molecule has 1 rings (SSSR count). The van der Waals surface area contributed by atoms with Crippen LogP contribution in [0.1, 0.15) is 29.7 Å². The van der Waals surface area contributed by atoms with E-state index in [9.17, 15) is 0 Å². The Labute approximate surface area is 128 Å². The Kier molecular flexibility index (Phi) is 8.42. The second-order valence-corrected chi connectivity index (χ2v) is 5.54. The molecule has 1 aromatic heterocycles. The summed E-state index contributed by atoms with van der Waals surface area (Å²) < 4.78 is 10.1. The molecule has 1 aromatic rings. The first-order valence-corrected chi connectivity index (χ1v) is 7.60. The smallest absolute Gasteiger partial charge is 0.131 e. The van der Waals surface area contributed by atoms with Gasteiger partial charge in [0.15, 0.2) is 0 Å². The Morgan fingerprint density at radius 1 is 1.05 bits per heavy atom. The van der Waals surface area contributed by atoms with Crippen LogP contribution in [0.15, 0.2) is 0 Å². The molecule has 0 fully saturated rings. The lowest BCUT2D eigenvalue weighted by molar-refractivity contribution is 0.198. The van der Waals surface area contributed by atoms with Gasteiger partial charge in [0.25, 0.3) is 0 Å². The first-order valence-electron chi connectivity index (χ1n) is 7.60. The summed E-state index contributed by atoms with van der Waals surface area (Å²) in [6.45, 7) is 9.69. The molecule has 5 heteroatoms. The third-order valence-electron chi connectivity index (χ3n) is 3.53. The molecule has 1 N–H and O–H groups in total. The third-order valence-corrected chi connectivity index (χ3v) is 3.53. The van der Waals surface area contributed by atoms with E-state index in [1.807, 2.05) is 0 Å². The second kappa shape index (κ2) is 9.82. The van der Waals surface area contributed by atoms with Crippen molar-refractivity contribution in [2.45, 2.75) is 33.6 Å². The zero-order valence-electron chi connectivity index (χ0n) is 14.0. The Morgan fingerprint density at radius 2 is 1.67 bits per heavy atom. The number of nitrogens with zero attached hydrogens (tertiary/aromatic N) is 2. The molecule has 0 amide bonds. The van der Waals surface area contributed by atoms with Crippen molar-refractivity contribution in [3.8, 4) is 0 Å². The van der Waals surface area contributed by atoms with Crippen molar-refractivity contribution in [2.24, 2.45) is 5.92 Å². The molecule has 21 heavy (non-hydrogen) atoms. The van der Waals surface area contributed by atoms with Crippen molar-refractivity contribution in [3.63, 3.8) is 0 Å². The van der Waals surface area contributed by atoms with Gasteiger partial charge in [0.2, 0.25) is 0 Å². The van der Waals surface area contributed by atoms with E-state index in [0.29, 0.717) is 12.5 Å². The standard InChI is InChI=1S/C16H29N3O2/c1-12(11-17-7-9-21-5)10-15-13(2)18-16(6-8-20-4)19-14(15)3/h12,17H,6-11H2,1-5H3. The van der Waals surface area contributed by atoms with Gasteiger partial charge in [-0.05, 0) is 38.3 Å². The number of methoxy groups -OCH3 is 2. The molecule has 1 atom stereocenters. The summed E-state index contributed by atoms with van der Waals surface area (Å²) in [5.41, 5.74) is 3.46. The Balaban J connectivity index is 2.57. The molecule has 0 saturated heterocycles. The summed E-state index contributed by atoms with van der Waals surface area (Å²) in [4.78, 5) is 9.21. The zero-order chi connectivity index (χ0) is 15.7. The molecule has 0 bridgehead atoms. The predicted octanol–water partition coefficient (Wildman–Crippen LogP) is 1.70. The Morgan fingerprint density at radius 3 is 2.24 bits per heavy atom. The molecule has 0 aliphatic heterocycles. The van der Waals surface area contributed by atoms with E-state index in [4.69, 9.17) is 9.47 Å². The van der Waals surface area contributed by atoms with Crippen LogP contribution < -0.4 is 5.32 Å². The average Bonchev–Trinajstić information content (AvgIpc) is 2.45. The van der Waals surface area contributed by atoms with Crippen LogP contribution in [0.25, 0.3) is 0 Å². The highest BCUT2D eigenvalue weighted by atomic mass is 16.5. The minimum Gasteiger partial charge on any atom is -0.384 e. The van der Waals surface area contributed by atoms with Gasteiger partial charge in [-0.25, -0.2) is 9.97 Å². The monoisotopic (exact) mass is 295 g/mol. The van der Waals surface area contributed by atoms with Crippen molar-refractivity contribution in [1.29, 1.82) is 0 Å². The highest BCUT2D eigenvalue weighted by Gasteiger charge is 2.12. The largest absolute Gasteiger partial charge is 0.384 e. The quantitative estimate of drug-likeness (QED) is 0.666. The number of rotatable bonds is 10. The minimum absolute atomic E-state index is 0.549. The van der Waals surface area contributed by atoms with Crippen LogP contribution in [-0.2, 0) is 22.3 Å². The van der Waals surface area contributed by atoms with Crippen molar-refractivity contribution >= 4 is 0 Å². The molecule has 0 aliphatic rings. The molecule has 1 heterocycles. The maximum Gasteiger partial charge on any atom is 0.131 e. The topological polar surface area (TPSA) is 56.3 Å². The van der Waals surface area contributed by atoms with Gasteiger partial charge in [-0.1, -0.05) is 6.92 Å². The van der Waals surface area contributed by atoms with E-state index < -0.39 is 0 Å². The first kappa shape index (κ1) is 18.0. The molecule has 0 radical (unpaired) electrons. The third kappa shape index (κ3) is 6.50. The molecule has 0 aromatic carbocycles. The summed E-state index contributed by atoms with van der Waals surface area (Å²) in [5.74, 6) is 1.43. The van der Waals surface area contributed by atoms with Gasteiger partial charge >= 0.3 is 0 Å². The summed E-state index contributed by atoms with van der Waals surface area (Å²) in [6.07, 6.45) is 1.77. The van der Waals surface area contributed by atoms with E-state index >= 15 is 0 Å². The highest BCUT2D eigenvalue weighted by Crippen LogP contribution is 2.15. The van der Waals surface area contributed by atoms with Crippen molar-refractivity contribution < 1.29 is 9.47 Å². The number of aryl methyl sites for hydroxylation is 2. The van der Waals surface area contributed by atoms with Gasteiger partial charge in [-0.3, -0.25) is 0 Å². The summed E-state index contributed by atoms with van der Waals surface area (Å²) in [5, 5.41) is 3.40. The van der Waals surface area contributed by atoms with Gasteiger partial charge < -0.3 is 14.8 Å². The van der Waals surface area contributed by atoms with Crippen LogP contribution >= 0.6 is 0 Å². The van der Waals surface area contributed by atoms with Gasteiger partial charge in [0, 0.05) is 38.6 Å². The number of aromatic nitrogens is 2. The fourth-order valence-corrected chi connectivity index (χ4v) is 2.35. The number of nitrogens with one attached hydrogen (secondary N) is 1. The van der Waals surface area contributed by atoms with Crippen LogP contribution in [0.2, 0.25) is 0 Å². The summed E-state index contributed by atoms with van der Waals surface area (Å²) in [6, 6.07) is 0. The SMILES string of the molecule is COCCNCC(C)Cc1c(C)nc(CCOC)nc1C. The van der Waals surface area contributed by atoms with E-state index in [2.05, 4.69) is 36.1 Å². The maximum absolute atomic E-state index is 5.09. The number of hydrogen-bond donors (Lipinski definition) is 1. The molecule has 120 valence electrons. The van der Waals surface area contributed by atoms with Crippen LogP contribution in [0.3, 0.4) is 0 Å². The van der Waals surface area contributed by atoms with Crippen LogP contribution in [0, 0.1) is 19.8 Å². The van der Waals surface area contributed by atoms with Gasteiger partial charge in [-0.15, -0.1) is 0 Å². The van der Waals surface area contributed by atoms with Crippen LogP contribution in [0.5, 0.6) is 0 Å². The number of hydrogen-bond acceptors (Lipinski definition) is 5. The molecule has 0 aliphatic carbocycles. The Bertz CT molecular complexity index is 401. The average molecular weight is 295 g/mol. The normalized spacial score (nSPS) is 12.6. The van der Waals surface area contributed by atoms with Crippen LogP contribution in [0.4, 0.5) is 0 Å². The molecule has 1 unspecified atom stereocenters. The van der Waals surface area contributed by atoms with E-state index in [0.717, 1.165) is 49.8 Å². The van der Waals surface area contributed by atoms with Crippen molar-refractivity contribution in [3.05, 3.63) is 22.8 Å². The lowest BCUT2D eigenvalue weighted by Crippen LogP contribution is -2.26. The summed E-state index contributed by atoms with van der Waals surface area (Å²) >= 11 is 0. The molecular formula is C16H29N3O2. The minimum atomic E-state index is 0.549. The van der Waals surface area contributed by atoms with Crippen LogP contribution in [-0.4, -0.2) is 50.5 Å². The fraction of sp³-hybridized carbons (Fsp3) is 0.750. The van der Waals surface area contributed by atoms with Crippen molar-refractivity contribution in [1.82, 2.24) is 15.3 Å². The first-order chi connectivity index (χ1) is 10.1. The predicted molar refractivity (Wildman–Crippen MR) is 84.7 cm³/mol. The number of ether oxygens (including phenoxy) is 2. The summed E-state index contributed by atoms with van der Waals surface area (Å²) in [7, 11) is 3.42.